The van der Waals surface area contributed by atoms with E-state index in [-0.39, 0.29) is 6.04 Å². The summed E-state index contributed by atoms with van der Waals surface area (Å²) in [5, 5.41) is -0.411. The maximum absolute atomic E-state index is 12.6. The second-order valence-electron chi connectivity index (χ2n) is 6.25. The Bertz CT molecular complexity index is 631. The number of piperidine rings is 1. The van der Waals surface area contributed by atoms with Gasteiger partial charge in [0.2, 0.25) is 21.9 Å². The van der Waals surface area contributed by atoms with Gasteiger partial charge >= 0.3 is 0 Å². The standard InChI is InChI=1S/C15H24N4O3S/c1-22-14-8-9-16-15(17-14)19-10-4-7-13(11-19)23(20,21)18-12-5-2-3-6-12/h8-9,12-13,18H,2-7,10-11H2,1H3/t13-/m0/s1. The Kier molecular flexibility index (Phi) is 5.01. The third-order valence-corrected chi connectivity index (χ3v) is 6.54. The summed E-state index contributed by atoms with van der Waals surface area (Å²) in [4.78, 5) is 10.5. The van der Waals surface area contributed by atoms with Crippen LogP contribution in [0.5, 0.6) is 5.88 Å². The first kappa shape index (κ1) is 16.4. The Morgan fingerprint density at radius 3 is 2.78 bits per heavy atom. The molecule has 0 bridgehead atoms. The minimum Gasteiger partial charge on any atom is -0.481 e. The summed E-state index contributed by atoms with van der Waals surface area (Å²) < 4.78 is 33.3. The Morgan fingerprint density at radius 1 is 1.26 bits per heavy atom. The zero-order valence-corrected chi connectivity index (χ0v) is 14.3. The van der Waals surface area contributed by atoms with Gasteiger partial charge in [0.05, 0.1) is 12.4 Å². The molecule has 1 aliphatic heterocycles. The van der Waals surface area contributed by atoms with E-state index in [1.54, 1.807) is 19.4 Å². The number of nitrogens with one attached hydrogen (secondary N) is 1. The van der Waals surface area contributed by atoms with Crippen molar-refractivity contribution in [3.8, 4) is 5.88 Å². The fraction of sp³-hybridized carbons (Fsp3) is 0.733. The monoisotopic (exact) mass is 340 g/mol. The zero-order chi connectivity index (χ0) is 16.3. The maximum atomic E-state index is 12.6. The lowest BCUT2D eigenvalue weighted by Crippen LogP contribution is -2.48. The second kappa shape index (κ2) is 7.00. The van der Waals surface area contributed by atoms with Crippen LogP contribution in [0.4, 0.5) is 5.95 Å². The van der Waals surface area contributed by atoms with Crippen molar-refractivity contribution in [1.82, 2.24) is 14.7 Å². The summed E-state index contributed by atoms with van der Waals surface area (Å²) in [6.45, 7) is 1.19. The lowest BCUT2D eigenvalue weighted by atomic mass is 10.1. The molecule has 2 fully saturated rings. The highest BCUT2D eigenvalue weighted by molar-refractivity contribution is 7.90. The molecule has 0 amide bonds. The van der Waals surface area contributed by atoms with Crippen molar-refractivity contribution >= 4 is 16.0 Å². The minimum atomic E-state index is -3.30. The number of ether oxygens (including phenoxy) is 1. The van der Waals surface area contributed by atoms with Crippen LogP contribution in [0.1, 0.15) is 38.5 Å². The first-order valence-electron chi connectivity index (χ1n) is 8.21. The molecule has 1 saturated heterocycles. The Labute approximate surface area is 137 Å². The Hall–Kier alpha value is -1.41. The lowest BCUT2D eigenvalue weighted by molar-refractivity contribution is 0.396. The van der Waals surface area contributed by atoms with Crippen molar-refractivity contribution in [2.24, 2.45) is 0 Å². The highest BCUT2D eigenvalue weighted by Gasteiger charge is 2.33. The van der Waals surface area contributed by atoms with Crippen molar-refractivity contribution in [2.75, 3.05) is 25.1 Å². The predicted molar refractivity (Wildman–Crippen MR) is 88.1 cm³/mol. The highest BCUT2D eigenvalue weighted by atomic mass is 32.2. The van der Waals surface area contributed by atoms with Crippen LogP contribution < -0.4 is 14.4 Å². The maximum Gasteiger partial charge on any atom is 0.228 e. The zero-order valence-electron chi connectivity index (χ0n) is 13.4. The van der Waals surface area contributed by atoms with Gasteiger partial charge in [0.1, 0.15) is 0 Å². The minimum absolute atomic E-state index is 0.114. The van der Waals surface area contributed by atoms with E-state index in [4.69, 9.17) is 4.74 Å². The molecule has 7 nitrogen and oxygen atoms in total. The van der Waals surface area contributed by atoms with Crippen LogP contribution in [0.2, 0.25) is 0 Å². The van der Waals surface area contributed by atoms with Crippen LogP contribution in [0.25, 0.3) is 0 Å². The van der Waals surface area contributed by atoms with Crippen molar-refractivity contribution in [2.45, 2.75) is 49.8 Å². The van der Waals surface area contributed by atoms with Gasteiger partial charge < -0.3 is 9.64 Å². The van der Waals surface area contributed by atoms with Crippen molar-refractivity contribution < 1.29 is 13.2 Å². The first-order valence-corrected chi connectivity index (χ1v) is 9.76. The van der Waals surface area contributed by atoms with E-state index in [9.17, 15) is 8.42 Å². The van der Waals surface area contributed by atoms with Crippen LogP contribution >= 0.6 is 0 Å². The SMILES string of the molecule is COc1ccnc(N2CCC[C@H](S(=O)(=O)NC3CCCC3)C2)n1. The van der Waals surface area contributed by atoms with E-state index in [2.05, 4.69) is 14.7 Å². The first-order chi connectivity index (χ1) is 11.1. The Balaban J connectivity index is 1.69. The molecule has 0 spiro atoms. The number of aromatic nitrogens is 2. The van der Waals surface area contributed by atoms with Gasteiger partial charge in [0.15, 0.2) is 0 Å². The molecule has 128 valence electrons. The summed E-state index contributed by atoms with van der Waals surface area (Å²) in [6.07, 6.45) is 7.27. The number of methoxy groups -OCH3 is 1. The van der Waals surface area contributed by atoms with Crippen LogP contribution in [0, 0.1) is 0 Å². The van der Waals surface area contributed by atoms with Crippen LogP contribution in [0.15, 0.2) is 12.3 Å². The highest BCUT2D eigenvalue weighted by Crippen LogP contribution is 2.24. The van der Waals surface area contributed by atoms with E-state index in [0.29, 0.717) is 24.8 Å². The van der Waals surface area contributed by atoms with E-state index < -0.39 is 15.3 Å². The molecular weight excluding hydrogens is 316 g/mol. The van der Waals surface area contributed by atoms with Crippen LogP contribution in [-0.4, -0.2) is 49.9 Å². The normalized spacial score (nSPS) is 23.2. The molecule has 2 heterocycles. The molecule has 3 rings (SSSR count). The quantitative estimate of drug-likeness (QED) is 0.870. The summed E-state index contributed by atoms with van der Waals surface area (Å²) >= 11 is 0. The number of sulfonamides is 1. The molecule has 1 N–H and O–H groups in total. The van der Waals surface area contributed by atoms with Gasteiger partial charge in [0.25, 0.3) is 0 Å². The number of anilines is 1. The van der Waals surface area contributed by atoms with E-state index in [1.165, 1.54) is 0 Å². The van der Waals surface area contributed by atoms with Gasteiger partial charge in [0, 0.05) is 31.4 Å². The molecular formula is C15H24N4O3S. The molecule has 23 heavy (non-hydrogen) atoms. The molecule has 0 radical (unpaired) electrons. The number of rotatable bonds is 5. The third kappa shape index (κ3) is 3.92. The summed E-state index contributed by atoms with van der Waals surface area (Å²) in [5.41, 5.74) is 0. The Morgan fingerprint density at radius 2 is 2.04 bits per heavy atom. The largest absolute Gasteiger partial charge is 0.481 e. The van der Waals surface area contributed by atoms with E-state index in [0.717, 1.165) is 38.6 Å². The van der Waals surface area contributed by atoms with Gasteiger partial charge in [-0.1, -0.05) is 12.8 Å². The van der Waals surface area contributed by atoms with Crippen LogP contribution in [0.3, 0.4) is 0 Å². The summed E-state index contributed by atoms with van der Waals surface area (Å²) in [7, 11) is -1.75. The molecule has 1 aromatic rings. The smallest absolute Gasteiger partial charge is 0.228 e. The van der Waals surface area contributed by atoms with E-state index in [1.807, 2.05) is 4.90 Å². The van der Waals surface area contributed by atoms with E-state index >= 15 is 0 Å². The molecule has 0 aromatic carbocycles. The third-order valence-electron chi connectivity index (χ3n) is 4.61. The fourth-order valence-corrected chi connectivity index (χ4v) is 5.09. The fourth-order valence-electron chi connectivity index (χ4n) is 3.34. The molecule has 1 atom stereocenters. The molecule has 1 aromatic heterocycles. The second-order valence-corrected chi connectivity index (χ2v) is 8.25. The van der Waals surface area contributed by atoms with Gasteiger partial charge in [-0.2, -0.15) is 4.98 Å². The average molecular weight is 340 g/mol. The molecule has 1 saturated carbocycles. The molecule has 0 unspecified atom stereocenters. The number of hydrogen-bond acceptors (Lipinski definition) is 6. The summed E-state index contributed by atoms with van der Waals surface area (Å²) in [6, 6.07) is 1.80. The molecule has 2 aliphatic rings. The van der Waals surface area contributed by atoms with Gasteiger partial charge in [-0.05, 0) is 25.7 Å². The van der Waals surface area contributed by atoms with Crippen molar-refractivity contribution in [3.63, 3.8) is 0 Å². The molecule has 8 heteroatoms. The van der Waals surface area contributed by atoms with Gasteiger partial charge in [-0.3, -0.25) is 0 Å². The molecule has 1 aliphatic carbocycles. The number of nitrogens with zero attached hydrogens (tertiary/aromatic N) is 3. The number of hydrogen-bond donors (Lipinski definition) is 1. The van der Waals surface area contributed by atoms with Crippen LogP contribution in [-0.2, 0) is 10.0 Å². The van der Waals surface area contributed by atoms with Gasteiger partial charge in [-0.15, -0.1) is 0 Å². The average Bonchev–Trinajstić information content (AvgIpc) is 3.07. The van der Waals surface area contributed by atoms with Gasteiger partial charge in [-0.25, -0.2) is 18.1 Å². The lowest BCUT2D eigenvalue weighted by Gasteiger charge is -2.33. The van der Waals surface area contributed by atoms with Crippen molar-refractivity contribution in [1.29, 1.82) is 0 Å². The van der Waals surface area contributed by atoms with Crippen molar-refractivity contribution in [3.05, 3.63) is 12.3 Å². The summed E-state index contributed by atoms with van der Waals surface area (Å²) in [5.74, 6) is 1.02. The predicted octanol–water partition coefficient (Wildman–Crippen LogP) is 1.32. The topological polar surface area (TPSA) is 84.4 Å².